The first kappa shape index (κ1) is 17.5. The summed E-state index contributed by atoms with van der Waals surface area (Å²) in [6, 6.07) is 8.00. The Bertz CT molecular complexity index is 713. The van der Waals surface area contributed by atoms with Gasteiger partial charge in [0.25, 0.3) is 0 Å². The molecular formula is C18H20O6. The summed E-state index contributed by atoms with van der Waals surface area (Å²) in [5.74, 6) is 1.53. The highest BCUT2D eigenvalue weighted by molar-refractivity contribution is 5.98. The molecule has 2 rings (SSSR count). The van der Waals surface area contributed by atoms with E-state index in [0.29, 0.717) is 34.1 Å². The molecule has 0 amide bonds. The third-order valence-electron chi connectivity index (χ3n) is 3.59. The predicted molar refractivity (Wildman–Crippen MR) is 88.8 cm³/mol. The zero-order valence-corrected chi connectivity index (χ0v) is 14.1. The molecule has 0 bridgehead atoms. The van der Waals surface area contributed by atoms with E-state index in [1.165, 1.54) is 34.5 Å². The molecule has 0 aliphatic rings. The average molecular weight is 332 g/mol. The van der Waals surface area contributed by atoms with Crippen LogP contribution in [0, 0.1) is 0 Å². The van der Waals surface area contributed by atoms with Crippen molar-refractivity contribution in [2.45, 2.75) is 6.42 Å². The lowest BCUT2D eigenvalue weighted by Gasteiger charge is -2.14. The Morgan fingerprint density at radius 1 is 0.875 bits per heavy atom. The molecule has 0 saturated carbocycles. The Labute approximate surface area is 140 Å². The van der Waals surface area contributed by atoms with Crippen molar-refractivity contribution in [3.63, 3.8) is 0 Å². The van der Waals surface area contributed by atoms with E-state index in [1.54, 1.807) is 24.3 Å². The Hall–Kier alpha value is -2.89. The molecule has 6 heteroatoms. The molecule has 0 aliphatic heterocycles. The van der Waals surface area contributed by atoms with Crippen LogP contribution in [0.4, 0.5) is 0 Å². The number of aromatic hydroxyl groups is 1. The fourth-order valence-electron chi connectivity index (χ4n) is 2.39. The van der Waals surface area contributed by atoms with Crippen molar-refractivity contribution >= 4 is 5.78 Å². The maximum atomic E-state index is 12.5. The van der Waals surface area contributed by atoms with Crippen LogP contribution >= 0.6 is 0 Å². The van der Waals surface area contributed by atoms with Gasteiger partial charge in [-0.25, -0.2) is 0 Å². The minimum absolute atomic E-state index is 0.0757. The van der Waals surface area contributed by atoms with Gasteiger partial charge in [-0.3, -0.25) is 4.79 Å². The van der Waals surface area contributed by atoms with Crippen LogP contribution in [0.2, 0.25) is 0 Å². The Kier molecular flexibility index (Phi) is 5.52. The summed E-state index contributed by atoms with van der Waals surface area (Å²) in [6.07, 6.45) is 0.127. The largest absolute Gasteiger partial charge is 0.504 e. The highest BCUT2D eigenvalue weighted by Crippen LogP contribution is 2.38. The molecular weight excluding hydrogens is 312 g/mol. The molecule has 0 atom stereocenters. The van der Waals surface area contributed by atoms with Crippen molar-refractivity contribution in [2.24, 2.45) is 0 Å². The number of hydrogen-bond acceptors (Lipinski definition) is 6. The van der Waals surface area contributed by atoms with Gasteiger partial charge in [0.15, 0.2) is 28.8 Å². The topological polar surface area (TPSA) is 74.2 Å². The van der Waals surface area contributed by atoms with E-state index in [0.717, 1.165) is 0 Å². The number of methoxy groups -OCH3 is 4. The maximum absolute atomic E-state index is 12.5. The van der Waals surface area contributed by atoms with E-state index in [4.69, 9.17) is 18.9 Å². The van der Waals surface area contributed by atoms with Gasteiger partial charge in [0, 0.05) is 12.0 Å². The van der Waals surface area contributed by atoms with Crippen molar-refractivity contribution in [3.05, 3.63) is 41.5 Å². The molecule has 1 N–H and O–H groups in total. The molecule has 0 saturated heterocycles. The second-order valence-electron chi connectivity index (χ2n) is 5.02. The van der Waals surface area contributed by atoms with Crippen LogP contribution in [0.3, 0.4) is 0 Å². The Balaban J connectivity index is 2.30. The molecule has 0 unspecified atom stereocenters. The number of ether oxygens (including phenoxy) is 4. The van der Waals surface area contributed by atoms with Crippen LogP contribution < -0.4 is 18.9 Å². The summed E-state index contributed by atoms with van der Waals surface area (Å²) in [6.45, 7) is 0. The average Bonchev–Trinajstić information content (AvgIpc) is 2.60. The first-order valence-electron chi connectivity index (χ1n) is 7.23. The number of phenolic OH excluding ortho intramolecular Hbond substituents is 1. The third-order valence-corrected chi connectivity index (χ3v) is 3.59. The molecule has 2 aromatic rings. The van der Waals surface area contributed by atoms with Crippen LogP contribution in [0.5, 0.6) is 28.7 Å². The number of benzene rings is 2. The van der Waals surface area contributed by atoms with Gasteiger partial charge in [0.1, 0.15) is 0 Å². The molecule has 2 aromatic carbocycles. The molecule has 6 nitrogen and oxygen atoms in total. The molecule has 128 valence electrons. The van der Waals surface area contributed by atoms with Crippen LogP contribution in [0.1, 0.15) is 15.9 Å². The Morgan fingerprint density at radius 2 is 1.46 bits per heavy atom. The van der Waals surface area contributed by atoms with E-state index < -0.39 is 0 Å². The van der Waals surface area contributed by atoms with E-state index in [9.17, 15) is 9.90 Å². The summed E-state index contributed by atoms with van der Waals surface area (Å²) in [4.78, 5) is 12.5. The lowest BCUT2D eigenvalue weighted by molar-refractivity contribution is 0.0992. The van der Waals surface area contributed by atoms with Crippen molar-refractivity contribution in [3.8, 4) is 28.7 Å². The number of Topliss-reactive ketones (excluding diaryl/α,β-unsaturated/α-hetero) is 1. The monoisotopic (exact) mass is 332 g/mol. The number of rotatable bonds is 7. The minimum Gasteiger partial charge on any atom is -0.504 e. The third kappa shape index (κ3) is 3.53. The second kappa shape index (κ2) is 7.59. The second-order valence-corrected chi connectivity index (χ2v) is 5.02. The van der Waals surface area contributed by atoms with Gasteiger partial charge in [-0.1, -0.05) is 0 Å². The molecule has 0 aromatic heterocycles. The molecule has 24 heavy (non-hydrogen) atoms. The van der Waals surface area contributed by atoms with Gasteiger partial charge in [-0.15, -0.1) is 0 Å². The van der Waals surface area contributed by atoms with Crippen LogP contribution in [0.15, 0.2) is 30.3 Å². The zero-order valence-electron chi connectivity index (χ0n) is 14.1. The summed E-state index contributed by atoms with van der Waals surface area (Å²) in [7, 11) is 6.01. The standard InChI is InChI=1S/C18H20O6/c1-21-15-6-5-12(10-14(15)20)13(19)7-11-8-16(22-2)18(24-4)17(9-11)23-3/h5-6,8-10,20H,7H2,1-4H3. The number of hydrogen-bond donors (Lipinski definition) is 1. The molecule has 0 spiro atoms. The lowest BCUT2D eigenvalue weighted by Crippen LogP contribution is -2.05. The number of ketones is 1. The summed E-state index contributed by atoms with van der Waals surface area (Å²) in [5.41, 5.74) is 1.10. The number of carbonyl (C=O) groups excluding carboxylic acids is 1. The normalized spacial score (nSPS) is 10.2. The van der Waals surface area contributed by atoms with Crippen LogP contribution in [-0.4, -0.2) is 39.3 Å². The maximum Gasteiger partial charge on any atom is 0.203 e. The van der Waals surface area contributed by atoms with Gasteiger partial charge in [0.2, 0.25) is 5.75 Å². The van der Waals surface area contributed by atoms with Crippen LogP contribution in [0.25, 0.3) is 0 Å². The first-order valence-corrected chi connectivity index (χ1v) is 7.23. The molecule has 0 radical (unpaired) electrons. The fourth-order valence-corrected chi connectivity index (χ4v) is 2.39. The first-order chi connectivity index (χ1) is 11.5. The summed E-state index contributed by atoms with van der Waals surface area (Å²) in [5, 5.41) is 9.81. The van der Waals surface area contributed by atoms with E-state index in [2.05, 4.69) is 0 Å². The van der Waals surface area contributed by atoms with Crippen LogP contribution in [-0.2, 0) is 6.42 Å². The summed E-state index contributed by atoms with van der Waals surface area (Å²) < 4.78 is 20.8. The van der Waals surface area contributed by atoms with Gasteiger partial charge in [-0.05, 0) is 35.9 Å². The smallest absolute Gasteiger partial charge is 0.203 e. The van der Waals surface area contributed by atoms with Crippen molar-refractivity contribution in [1.82, 2.24) is 0 Å². The molecule has 0 aliphatic carbocycles. The van der Waals surface area contributed by atoms with Gasteiger partial charge in [0.05, 0.1) is 28.4 Å². The number of carbonyl (C=O) groups is 1. The fraction of sp³-hybridized carbons (Fsp3) is 0.278. The SMILES string of the molecule is COc1ccc(C(=O)Cc2cc(OC)c(OC)c(OC)c2)cc1O. The molecule has 0 fully saturated rings. The highest BCUT2D eigenvalue weighted by Gasteiger charge is 2.16. The van der Waals surface area contributed by atoms with Crippen molar-refractivity contribution < 1.29 is 28.8 Å². The quantitative estimate of drug-likeness (QED) is 0.786. The van der Waals surface area contributed by atoms with Gasteiger partial charge >= 0.3 is 0 Å². The van der Waals surface area contributed by atoms with Crippen molar-refractivity contribution in [1.29, 1.82) is 0 Å². The zero-order chi connectivity index (χ0) is 17.7. The van der Waals surface area contributed by atoms with Gasteiger partial charge < -0.3 is 24.1 Å². The summed E-state index contributed by atoms with van der Waals surface area (Å²) >= 11 is 0. The van der Waals surface area contributed by atoms with Crippen molar-refractivity contribution in [2.75, 3.05) is 28.4 Å². The Morgan fingerprint density at radius 3 is 1.92 bits per heavy atom. The predicted octanol–water partition coefficient (Wildman–Crippen LogP) is 2.85. The van der Waals surface area contributed by atoms with E-state index in [-0.39, 0.29) is 18.0 Å². The highest BCUT2D eigenvalue weighted by atomic mass is 16.5. The lowest BCUT2D eigenvalue weighted by atomic mass is 10.0. The minimum atomic E-state index is -0.151. The van der Waals surface area contributed by atoms with E-state index >= 15 is 0 Å². The van der Waals surface area contributed by atoms with E-state index in [1.807, 2.05) is 0 Å². The molecule has 0 heterocycles. The number of phenols is 1. The van der Waals surface area contributed by atoms with Gasteiger partial charge in [-0.2, -0.15) is 0 Å².